The molecule has 0 fully saturated rings. The second kappa shape index (κ2) is 5.24. The molecule has 94 valence electrons. The van der Waals surface area contributed by atoms with Crippen LogP contribution in [0.1, 0.15) is 11.7 Å². The maximum absolute atomic E-state index is 10.8. The number of hydrogen-bond acceptors (Lipinski definition) is 5. The number of aliphatic hydroxyl groups excluding tert-OH is 1. The lowest BCUT2D eigenvalue weighted by molar-refractivity contribution is -0.147. The van der Waals surface area contributed by atoms with Gasteiger partial charge in [0.15, 0.2) is 17.6 Å². The number of aromatic hydroxyl groups is 1. The molecule has 0 aliphatic carbocycles. The van der Waals surface area contributed by atoms with E-state index in [2.05, 4.69) is 15.9 Å². The molecule has 1 unspecified atom stereocenters. The maximum atomic E-state index is 10.8. The van der Waals surface area contributed by atoms with E-state index in [1.54, 1.807) is 0 Å². The first-order valence-electron chi connectivity index (χ1n) is 4.48. The van der Waals surface area contributed by atoms with E-state index in [9.17, 15) is 15.0 Å². The fraction of sp³-hybridized carbons (Fsp3) is 0.300. The van der Waals surface area contributed by atoms with E-state index in [1.807, 2.05) is 0 Å². The molecule has 0 bridgehead atoms. The van der Waals surface area contributed by atoms with Crippen molar-refractivity contribution in [3.05, 3.63) is 16.1 Å². The number of halogens is 1. The minimum Gasteiger partial charge on any atom is -0.506 e. The van der Waals surface area contributed by atoms with Gasteiger partial charge >= 0.3 is 5.97 Å². The summed E-state index contributed by atoms with van der Waals surface area (Å²) in [6.07, 6.45) is -1.91. The Morgan fingerprint density at radius 2 is 2.00 bits per heavy atom. The topological polar surface area (TPSA) is 96.2 Å². The summed E-state index contributed by atoms with van der Waals surface area (Å²) >= 11 is 3.03. The number of methoxy groups -OCH3 is 2. The summed E-state index contributed by atoms with van der Waals surface area (Å²) in [7, 11) is 2.64. The highest BCUT2D eigenvalue weighted by atomic mass is 79.9. The van der Waals surface area contributed by atoms with Crippen LogP contribution in [0.5, 0.6) is 17.2 Å². The predicted octanol–water partition coefficient (Wildman–Crippen LogP) is 1.29. The zero-order chi connectivity index (χ0) is 13.2. The minimum atomic E-state index is -1.91. The number of benzene rings is 1. The van der Waals surface area contributed by atoms with E-state index in [4.69, 9.17) is 14.6 Å². The number of aliphatic hydroxyl groups is 1. The van der Waals surface area contributed by atoms with Crippen molar-refractivity contribution in [1.29, 1.82) is 0 Å². The Labute approximate surface area is 106 Å². The molecule has 0 spiro atoms. The Morgan fingerprint density at radius 3 is 2.41 bits per heavy atom. The highest BCUT2D eigenvalue weighted by Gasteiger charge is 2.28. The zero-order valence-corrected chi connectivity index (χ0v) is 10.7. The van der Waals surface area contributed by atoms with Gasteiger partial charge in [-0.2, -0.15) is 0 Å². The van der Waals surface area contributed by atoms with Crippen molar-refractivity contribution in [2.75, 3.05) is 14.2 Å². The van der Waals surface area contributed by atoms with Crippen LogP contribution in [0.4, 0.5) is 0 Å². The molecule has 17 heavy (non-hydrogen) atoms. The second-order valence-electron chi connectivity index (χ2n) is 3.10. The molecule has 0 heterocycles. The third kappa shape index (κ3) is 2.45. The van der Waals surface area contributed by atoms with Crippen molar-refractivity contribution >= 4 is 21.9 Å². The lowest BCUT2D eigenvalue weighted by Crippen LogP contribution is -2.12. The Bertz CT molecular complexity index is 445. The summed E-state index contributed by atoms with van der Waals surface area (Å²) < 4.78 is 10.1. The number of aliphatic carboxylic acids is 1. The minimum absolute atomic E-state index is 0.0249. The number of ether oxygens (including phenoxy) is 2. The molecule has 0 radical (unpaired) electrons. The van der Waals surface area contributed by atoms with Crippen molar-refractivity contribution in [3.8, 4) is 17.2 Å². The van der Waals surface area contributed by atoms with Gasteiger partial charge < -0.3 is 24.8 Å². The van der Waals surface area contributed by atoms with Gasteiger partial charge in [0, 0.05) is 6.07 Å². The Morgan fingerprint density at radius 1 is 1.41 bits per heavy atom. The van der Waals surface area contributed by atoms with Crippen molar-refractivity contribution < 1.29 is 29.6 Å². The van der Waals surface area contributed by atoms with E-state index in [-0.39, 0.29) is 21.5 Å². The molecule has 0 aliphatic rings. The number of hydrogen-bond donors (Lipinski definition) is 3. The Kier molecular flexibility index (Phi) is 4.19. The molecule has 6 nitrogen and oxygen atoms in total. The lowest BCUT2D eigenvalue weighted by Gasteiger charge is -2.17. The molecule has 1 aromatic rings. The van der Waals surface area contributed by atoms with E-state index in [1.165, 1.54) is 20.3 Å². The largest absolute Gasteiger partial charge is 0.506 e. The SMILES string of the molecule is COc1cc(Br)c(O)c(C(O)C(=O)O)c1OC. The zero-order valence-electron chi connectivity index (χ0n) is 9.10. The van der Waals surface area contributed by atoms with Gasteiger partial charge in [0.25, 0.3) is 0 Å². The second-order valence-corrected chi connectivity index (χ2v) is 3.95. The van der Waals surface area contributed by atoms with E-state index >= 15 is 0 Å². The first-order valence-corrected chi connectivity index (χ1v) is 5.27. The molecule has 0 amide bonds. The fourth-order valence-electron chi connectivity index (χ4n) is 1.36. The van der Waals surface area contributed by atoms with E-state index in [0.717, 1.165) is 0 Å². The van der Waals surface area contributed by atoms with Crippen LogP contribution in [0.2, 0.25) is 0 Å². The van der Waals surface area contributed by atoms with Gasteiger partial charge in [0.2, 0.25) is 0 Å². The van der Waals surface area contributed by atoms with Gasteiger partial charge in [-0.05, 0) is 15.9 Å². The average Bonchev–Trinajstić information content (AvgIpc) is 2.30. The molecule has 7 heteroatoms. The third-order valence-electron chi connectivity index (χ3n) is 2.14. The maximum Gasteiger partial charge on any atom is 0.337 e. The molecule has 0 aromatic heterocycles. The standard InChI is InChI=1S/C10H11BrO6/c1-16-5-3-4(11)7(12)6(9(5)17-2)8(13)10(14)15/h3,8,12-13H,1-2H3,(H,14,15). The summed E-state index contributed by atoms with van der Waals surface area (Å²) in [6.45, 7) is 0. The average molecular weight is 307 g/mol. The van der Waals surface area contributed by atoms with Crippen molar-refractivity contribution in [2.24, 2.45) is 0 Å². The molecule has 0 aliphatic heterocycles. The van der Waals surface area contributed by atoms with Crippen molar-refractivity contribution in [2.45, 2.75) is 6.10 Å². The van der Waals surface area contributed by atoms with Gasteiger partial charge in [-0.1, -0.05) is 0 Å². The van der Waals surface area contributed by atoms with Gasteiger partial charge in [-0.15, -0.1) is 0 Å². The molecule has 0 saturated carbocycles. The number of rotatable bonds is 4. The van der Waals surface area contributed by atoms with E-state index in [0.29, 0.717) is 0 Å². The molecule has 1 rings (SSSR count). The van der Waals surface area contributed by atoms with Crippen LogP contribution in [0.3, 0.4) is 0 Å². The smallest absolute Gasteiger partial charge is 0.337 e. The molecular formula is C10H11BrO6. The molecular weight excluding hydrogens is 296 g/mol. The van der Waals surface area contributed by atoms with Crippen LogP contribution in [-0.2, 0) is 4.79 Å². The highest BCUT2D eigenvalue weighted by Crippen LogP contribution is 2.45. The molecule has 1 atom stereocenters. The van der Waals surface area contributed by atoms with Gasteiger partial charge in [-0.3, -0.25) is 0 Å². The number of phenols is 1. The van der Waals surface area contributed by atoms with Crippen LogP contribution in [0, 0.1) is 0 Å². The summed E-state index contributed by atoms with van der Waals surface area (Å²) in [4.78, 5) is 10.8. The monoisotopic (exact) mass is 306 g/mol. The first kappa shape index (κ1) is 13.6. The molecule has 1 aromatic carbocycles. The molecule has 3 N–H and O–H groups in total. The Balaban J connectivity index is 3.53. The number of carboxylic acid groups (broad SMARTS) is 1. The van der Waals surface area contributed by atoms with Crippen molar-refractivity contribution in [1.82, 2.24) is 0 Å². The quantitative estimate of drug-likeness (QED) is 0.775. The third-order valence-corrected chi connectivity index (χ3v) is 2.74. The highest BCUT2D eigenvalue weighted by molar-refractivity contribution is 9.10. The van der Waals surface area contributed by atoms with Gasteiger partial charge in [-0.25, -0.2) is 4.79 Å². The number of carboxylic acids is 1. The van der Waals surface area contributed by atoms with Gasteiger partial charge in [0.05, 0.1) is 24.3 Å². The molecule has 0 saturated heterocycles. The first-order chi connectivity index (χ1) is 7.93. The van der Waals surface area contributed by atoms with Crippen LogP contribution >= 0.6 is 15.9 Å². The lowest BCUT2D eigenvalue weighted by atomic mass is 10.1. The predicted molar refractivity (Wildman–Crippen MR) is 61.5 cm³/mol. The van der Waals surface area contributed by atoms with E-state index < -0.39 is 17.8 Å². The number of phenolic OH excluding ortho intramolecular Hbond substituents is 1. The van der Waals surface area contributed by atoms with Gasteiger partial charge in [0.1, 0.15) is 5.75 Å². The fourth-order valence-corrected chi connectivity index (χ4v) is 1.78. The number of carbonyl (C=O) groups is 1. The Hall–Kier alpha value is -1.47. The normalized spacial score (nSPS) is 12.0. The summed E-state index contributed by atoms with van der Waals surface area (Å²) in [5.41, 5.74) is -0.258. The van der Waals surface area contributed by atoms with Crippen LogP contribution in [0.25, 0.3) is 0 Å². The summed E-state index contributed by atoms with van der Waals surface area (Å²) in [5.74, 6) is -1.73. The van der Waals surface area contributed by atoms with Crippen LogP contribution in [0.15, 0.2) is 10.5 Å². The van der Waals surface area contributed by atoms with Crippen LogP contribution in [-0.4, -0.2) is 35.5 Å². The summed E-state index contributed by atoms with van der Waals surface area (Å²) in [5, 5.41) is 28.0. The van der Waals surface area contributed by atoms with Crippen molar-refractivity contribution in [3.63, 3.8) is 0 Å². The van der Waals surface area contributed by atoms with Crippen LogP contribution < -0.4 is 9.47 Å². The summed E-state index contributed by atoms with van der Waals surface area (Å²) in [6, 6.07) is 1.41.